The van der Waals surface area contributed by atoms with Crippen molar-refractivity contribution >= 4 is 17.5 Å². The molecular formula is C8H10ClN3. The number of rotatable bonds is 1. The Morgan fingerprint density at radius 3 is 2.33 bits per heavy atom. The number of anilines is 1. The predicted octanol–water partition coefficient (Wildman–Crippen LogP) is 1.73. The van der Waals surface area contributed by atoms with Crippen LogP contribution in [0.1, 0.15) is 12.8 Å². The fourth-order valence-corrected chi connectivity index (χ4v) is 1.48. The van der Waals surface area contributed by atoms with Crippen molar-refractivity contribution in [2.24, 2.45) is 0 Å². The highest BCUT2D eigenvalue weighted by molar-refractivity contribution is 6.30. The third-order valence-electron chi connectivity index (χ3n) is 2.00. The van der Waals surface area contributed by atoms with Crippen molar-refractivity contribution in [3.63, 3.8) is 0 Å². The van der Waals surface area contributed by atoms with Crippen LogP contribution in [-0.2, 0) is 0 Å². The Morgan fingerprint density at radius 1 is 1.17 bits per heavy atom. The summed E-state index contributed by atoms with van der Waals surface area (Å²) in [6, 6.07) is 0. The Balaban J connectivity index is 2.17. The van der Waals surface area contributed by atoms with Gasteiger partial charge in [-0.2, -0.15) is 0 Å². The lowest BCUT2D eigenvalue weighted by atomic mass is 10.4. The molecule has 0 aromatic carbocycles. The van der Waals surface area contributed by atoms with Crippen molar-refractivity contribution in [2.45, 2.75) is 12.8 Å². The average molecular weight is 184 g/mol. The van der Waals surface area contributed by atoms with Gasteiger partial charge in [-0.3, -0.25) is 0 Å². The highest BCUT2D eigenvalue weighted by atomic mass is 35.5. The molecule has 0 unspecified atom stereocenters. The van der Waals surface area contributed by atoms with Gasteiger partial charge in [0.25, 0.3) is 0 Å². The van der Waals surface area contributed by atoms with Crippen molar-refractivity contribution in [1.29, 1.82) is 0 Å². The number of aromatic nitrogens is 2. The summed E-state index contributed by atoms with van der Waals surface area (Å²) < 4.78 is 0. The molecule has 0 N–H and O–H groups in total. The van der Waals surface area contributed by atoms with Gasteiger partial charge in [0.05, 0.1) is 17.4 Å². The minimum absolute atomic E-state index is 0.595. The van der Waals surface area contributed by atoms with Gasteiger partial charge in [-0.25, -0.2) is 9.97 Å². The molecule has 0 saturated carbocycles. The molecular weight excluding hydrogens is 174 g/mol. The zero-order valence-corrected chi connectivity index (χ0v) is 7.46. The van der Waals surface area contributed by atoms with Crippen LogP contribution in [0.2, 0.25) is 5.02 Å². The first-order chi connectivity index (χ1) is 5.86. The SMILES string of the molecule is Clc1cnc(N2CCCC2)nc1. The minimum Gasteiger partial charge on any atom is -0.341 e. The van der Waals surface area contributed by atoms with Crippen molar-refractivity contribution < 1.29 is 0 Å². The Bertz CT molecular complexity index is 254. The minimum atomic E-state index is 0.595. The molecule has 1 aromatic heterocycles. The molecule has 1 saturated heterocycles. The molecule has 1 aliphatic rings. The van der Waals surface area contributed by atoms with Crippen LogP contribution < -0.4 is 4.90 Å². The second kappa shape index (κ2) is 3.27. The molecule has 0 amide bonds. The van der Waals surface area contributed by atoms with Gasteiger partial charge in [-0.15, -0.1) is 0 Å². The molecule has 0 atom stereocenters. The molecule has 2 heterocycles. The van der Waals surface area contributed by atoms with Crippen LogP contribution >= 0.6 is 11.6 Å². The predicted molar refractivity (Wildman–Crippen MR) is 48.5 cm³/mol. The average Bonchev–Trinajstić information content (AvgIpc) is 2.58. The van der Waals surface area contributed by atoms with E-state index in [-0.39, 0.29) is 0 Å². The summed E-state index contributed by atoms with van der Waals surface area (Å²) in [4.78, 5) is 10.5. The molecule has 0 aliphatic carbocycles. The van der Waals surface area contributed by atoms with Gasteiger partial charge in [0.1, 0.15) is 0 Å². The standard InChI is InChI=1S/C8H10ClN3/c9-7-5-10-8(11-6-7)12-3-1-2-4-12/h5-6H,1-4H2. The topological polar surface area (TPSA) is 29.0 Å². The maximum absolute atomic E-state index is 5.67. The lowest BCUT2D eigenvalue weighted by Crippen LogP contribution is -2.19. The zero-order valence-electron chi connectivity index (χ0n) is 6.70. The van der Waals surface area contributed by atoms with E-state index in [1.165, 1.54) is 12.8 Å². The highest BCUT2D eigenvalue weighted by Crippen LogP contribution is 2.15. The number of nitrogens with zero attached hydrogens (tertiary/aromatic N) is 3. The molecule has 0 radical (unpaired) electrons. The van der Waals surface area contributed by atoms with Crippen molar-refractivity contribution in [3.8, 4) is 0 Å². The third-order valence-corrected chi connectivity index (χ3v) is 2.19. The fourth-order valence-electron chi connectivity index (χ4n) is 1.39. The molecule has 1 fully saturated rings. The number of halogens is 1. The molecule has 3 nitrogen and oxygen atoms in total. The molecule has 4 heteroatoms. The lowest BCUT2D eigenvalue weighted by molar-refractivity contribution is 0.898. The van der Waals surface area contributed by atoms with E-state index in [4.69, 9.17) is 11.6 Å². The van der Waals surface area contributed by atoms with E-state index in [1.54, 1.807) is 12.4 Å². The van der Waals surface area contributed by atoms with Gasteiger partial charge in [-0.05, 0) is 12.8 Å². The molecule has 0 spiro atoms. The van der Waals surface area contributed by atoms with Crippen molar-refractivity contribution in [1.82, 2.24) is 9.97 Å². The van der Waals surface area contributed by atoms with E-state index in [1.807, 2.05) is 0 Å². The van der Waals surface area contributed by atoms with Gasteiger partial charge in [-0.1, -0.05) is 11.6 Å². The van der Waals surface area contributed by atoms with Crippen LogP contribution in [0.5, 0.6) is 0 Å². The summed E-state index contributed by atoms with van der Waals surface area (Å²) >= 11 is 5.67. The molecule has 2 rings (SSSR count). The van der Waals surface area contributed by atoms with E-state index < -0.39 is 0 Å². The summed E-state index contributed by atoms with van der Waals surface area (Å²) in [5, 5.41) is 0.595. The maximum atomic E-state index is 5.67. The van der Waals surface area contributed by atoms with E-state index in [9.17, 15) is 0 Å². The number of hydrogen-bond acceptors (Lipinski definition) is 3. The summed E-state index contributed by atoms with van der Waals surface area (Å²) in [6.45, 7) is 2.14. The second-order valence-corrected chi connectivity index (χ2v) is 3.33. The molecule has 64 valence electrons. The zero-order chi connectivity index (χ0) is 8.39. The van der Waals surface area contributed by atoms with Crippen molar-refractivity contribution in [2.75, 3.05) is 18.0 Å². The highest BCUT2D eigenvalue weighted by Gasteiger charge is 2.13. The van der Waals surface area contributed by atoms with Gasteiger partial charge < -0.3 is 4.90 Å². The lowest BCUT2D eigenvalue weighted by Gasteiger charge is -2.13. The van der Waals surface area contributed by atoms with Crippen LogP contribution in [0.4, 0.5) is 5.95 Å². The molecule has 0 bridgehead atoms. The monoisotopic (exact) mass is 183 g/mol. The van der Waals surface area contributed by atoms with Gasteiger partial charge in [0.15, 0.2) is 0 Å². The van der Waals surface area contributed by atoms with E-state index in [0.29, 0.717) is 5.02 Å². The van der Waals surface area contributed by atoms with Crippen LogP contribution in [0.25, 0.3) is 0 Å². The van der Waals surface area contributed by atoms with Crippen LogP contribution in [0, 0.1) is 0 Å². The molecule has 12 heavy (non-hydrogen) atoms. The summed E-state index contributed by atoms with van der Waals surface area (Å²) in [7, 11) is 0. The third kappa shape index (κ3) is 1.50. The first kappa shape index (κ1) is 7.80. The quantitative estimate of drug-likeness (QED) is 0.664. The Hall–Kier alpha value is -0.830. The summed E-state index contributed by atoms with van der Waals surface area (Å²) in [5.41, 5.74) is 0. The smallest absolute Gasteiger partial charge is 0.225 e. The maximum Gasteiger partial charge on any atom is 0.225 e. The first-order valence-electron chi connectivity index (χ1n) is 4.09. The first-order valence-corrected chi connectivity index (χ1v) is 4.46. The molecule has 1 aromatic rings. The number of hydrogen-bond donors (Lipinski definition) is 0. The largest absolute Gasteiger partial charge is 0.341 e. The Kier molecular flexibility index (Phi) is 2.13. The van der Waals surface area contributed by atoms with E-state index in [0.717, 1.165) is 19.0 Å². The van der Waals surface area contributed by atoms with E-state index in [2.05, 4.69) is 14.9 Å². The van der Waals surface area contributed by atoms with Crippen LogP contribution in [0.3, 0.4) is 0 Å². The fraction of sp³-hybridized carbons (Fsp3) is 0.500. The second-order valence-electron chi connectivity index (χ2n) is 2.90. The van der Waals surface area contributed by atoms with Crippen LogP contribution in [-0.4, -0.2) is 23.1 Å². The van der Waals surface area contributed by atoms with Crippen molar-refractivity contribution in [3.05, 3.63) is 17.4 Å². The summed E-state index contributed by atoms with van der Waals surface area (Å²) in [5.74, 6) is 0.803. The van der Waals surface area contributed by atoms with Gasteiger partial charge >= 0.3 is 0 Å². The van der Waals surface area contributed by atoms with Gasteiger partial charge in [0, 0.05) is 13.1 Å². The van der Waals surface area contributed by atoms with E-state index >= 15 is 0 Å². The molecule has 1 aliphatic heterocycles. The summed E-state index contributed by atoms with van der Waals surface area (Å²) in [6.07, 6.45) is 5.77. The Morgan fingerprint density at radius 2 is 1.75 bits per heavy atom. The normalized spacial score (nSPS) is 16.9. The Labute approximate surface area is 76.4 Å². The van der Waals surface area contributed by atoms with Crippen LogP contribution in [0.15, 0.2) is 12.4 Å². The van der Waals surface area contributed by atoms with Gasteiger partial charge in [0.2, 0.25) is 5.95 Å².